The van der Waals surface area contributed by atoms with Gasteiger partial charge in [-0.2, -0.15) is 5.10 Å². The van der Waals surface area contributed by atoms with E-state index in [1.807, 2.05) is 13.8 Å². The Bertz CT molecular complexity index is 1460. The summed E-state index contributed by atoms with van der Waals surface area (Å²) < 4.78 is 1.36. The predicted molar refractivity (Wildman–Crippen MR) is 120 cm³/mol. The predicted octanol–water partition coefficient (Wildman–Crippen LogP) is 3.36. The Morgan fingerprint density at radius 3 is 2.56 bits per heavy atom. The molecule has 4 aromatic rings. The van der Waals surface area contributed by atoms with Crippen LogP contribution in [-0.4, -0.2) is 43.2 Å². The number of carbonyl (C=O) groups is 2. The maximum absolute atomic E-state index is 13.6. The van der Waals surface area contributed by atoms with E-state index in [4.69, 9.17) is 0 Å². The molecular formula is C24H22N4O4. The van der Waals surface area contributed by atoms with Crippen molar-refractivity contribution in [1.82, 2.24) is 19.7 Å². The number of aromatic nitrogens is 3. The van der Waals surface area contributed by atoms with Crippen molar-refractivity contribution in [1.29, 1.82) is 0 Å². The Balaban J connectivity index is 1.59. The number of aromatic amines is 1. The summed E-state index contributed by atoms with van der Waals surface area (Å²) in [6.45, 7) is 4.56. The SMILES string of the molecule is CC(C)n1nc(C(=O)N2CCc3[nH]c4ccc(C(=O)O)cc4c3C2)c2ccccc2c1=O. The number of nitrogens with zero attached hydrogens (tertiary/aromatic N) is 3. The van der Waals surface area contributed by atoms with E-state index in [-0.39, 0.29) is 28.8 Å². The molecule has 1 aliphatic heterocycles. The van der Waals surface area contributed by atoms with Crippen LogP contribution in [0.15, 0.2) is 47.3 Å². The molecule has 2 aromatic heterocycles. The quantitative estimate of drug-likeness (QED) is 0.518. The molecule has 0 aliphatic carbocycles. The summed E-state index contributed by atoms with van der Waals surface area (Å²) in [5.41, 5.74) is 3.03. The Morgan fingerprint density at radius 1 is 1.09 bits per heavy atom. The number of carboxylic acid groups (broad SMARTS) is 1. The van der Waals surface area contributed by atoms with E-state index in [0.29, 0.717) is 30.3 Å². The maximum atomic E-state index is 13.6. The van der Waals surface area contributed by atoms with Gasteiger partial charge in [0.1, 0.15) is 0 Å². The van der Waals surface area contributed by atoms with Crippen molar-refractivity contribution >= 4 is 33.6 Å². The molecule has 0 unspecified atom stereocenters. The van der Waals surface area contributed by atoms with Crippen molar-refractivity contribution < 1.29 is 14.7 Å². The minimum absolute atomic E-state index is 0.185. The normalized spacial score (nSPS) is 13.7. The highest BCUT2D eigenvalue weighted by Gasteiger charge is 2.28. The van der Waals surface area contributed by atoms with E-state index < -0.39 is 5.97 Å². The molecule has 0 atom stereocenters. The van der Waals surface area contributed by atoms with Gasteiger partial charge in [0.25, 0.3) is 11.5 Å². The zero-order chi connectivity index (χ0) is 22.6. The van der Waals surface area contributed by atoms with Crippen molar-refractivity contribution in [3.63, 3.8) is 0 Å². The molecule has 0 bridgehead atoms. The molecule has 32 heavy (non-hydrogen) atoms. The summed E-state index contributed by atoms with van der Waals surface area (Å²) in [6, 6.07) is 11.8. The number of amides is 1. The first-order valence-electron chi connectivity index (χ1n) is 10.5. The zero-order valence-corrected chi connectivity index (χ0v) is 17.8. The van der Waals surface area contributed by atoms with Gasteiger partial charge in [-0.25, -0.2) is 9.48 Å². The van der Waals surface area contributed by atoms with E-state index in [1.54, 1.807) is 47.4 Å². The van der Waals surface area contributed by atoms with E-state index >= 15 is 0 Å². The monoisotopic (exact) mass is 430 g/mol. The molecule has 2 aromatic carbocycles. The highest BCUT2D eigenvalue weighted by Crippen LogP contribution is 2.30. The van der Waals surface area contributed by atoms with Gasteiger partial charge in [-0.05, 0) is 38.1 Å². The van der Waals surface area contributed by atoms with Gasteiger partial charge >= 0.3 is 5.97 Å². The first-order chi connectivity index (χ1) is 15.3. The summed E-state index contributed by atoms with van der Waals surface area (Å²) in [5.74, 6) is -1.23. The number of H-pyrrole nitrogens is 1. The third-order valence-electron chi connectivity index (χ3n) is 6.03. The van der Waals surface area contributed by atoms with Crippen LogP contribution < -0.4 is 5.56 Å². The van der Waals surface area contributed by atoms with Crippen LogP contribution in [0.25, 0.3) is 21.7 Å². The fraction of sp³-hybridized carbons (Fsp3) is 0.250. The van der Waals surface area contributed by atoms with Gasteiger partial charge in [-0.3, -0.25) is 9.59 Å². The van der Waals surface area contributed by atoms with Gasteiger partial charge in [0.2, 0.25) is 0 Å². The second kappa shape index (κ2) is 7.33. The van der Waals surface area contributed by atoms with E-state index in [9.17, 15) is 19.5 Å². The molecule has 2 N–H and O–H groups in total. The topological polar surface area (TPSA) is 108 Å². The van der Waals surface area contributed by atoms with Crippen LogP contribution >= 0.6 is 0 Å². The number of benzene rings is 2. The van der Waals surface area contributed by atoms with Crippen LogP contribution in [0.1, 0.15) is 52.0 Å². The average molecular weight is 430 g/mol. The lowest BCUT2D eigenvalue weighted by atomic mass is 10.0. The Labute approximate surface area is 183 Å². The third kappa shape index (κ3) is 3.07. The van der Waals surface area contributed by atoms with Gasteiger partial charge in [0, 0.05) is 47.1 Å². The second-order valence-electron chi connectivity index (χ2n) is 8.36. The minimum atomic E-state index is -0.989. The number of hydrogen-bond donors (Lipinski definition) is 2. The molecule has 0 fully saturated rings. The number of fused-ring (bicyclic) bond motifs is 4. The van der Waals surface area contributed by atoms with Crippen LogP contribution in [0.4, 0.5) is 0 Å². The highest BCUT2D eigenvalue weighted by molar-refractivity contribution is 6.05. The summed E-state index contributed by atoms with van der Waals surface area (Å²) in [7, 11) is 0. The molecule has 8 nitrogen and oxygen atoms in total. The Morgan fingerprint density at radius 2 is 1.84 bits per heavy atom. The van der Waals surface area contributed by atoms with Crippen LogP contribution in [-0.2, 0) is 13.0 Å². The summed E-state index contributed by atoms with van der Waals surface area (Å²) in [4.78, 5) is 42.9. The molecule has 8 heteroatoms. The molecule has 1 aliphatic rings. The molecule has 0 saturated carbocycles. The zero-order valence-electron chi connectivity index (χ0n) is 17.8. The molecule has 0 radical (unpaired) electrons. The number of carboxylic acids is 1. The maximum Gasteiger partial charge on any atom is 0.335 e. The summed E-state index contributed by atoms with van der Waals surface area (Å²) in [6.07, 6.45) is 0.625. The van der Waals surface area contributed by atoms with E-state index in [0.717, 1.165) is 22.2 Å². The number of aromatic carboxylic acids is 1. The van der Waals surface area contributed by atoms with Crippen molar-refractivity contribution in [2.75, 3.05) is 6.54 Å². The Hall–Kier alpha value is -3.94. The van der Waals surface area contributed by atoms with Crippen LogP contribution in [0.3, 0.4) is 0 Å². The first-order valence-corrected chi connectivity index (χ1v) is 10.5. The lowest BCUT2D eigenvalue weighted by Crippen LogP contribution is -2.38. The molecular weight excluding hydrogens is 408 g/mol. The molecule has 162 valence electrons. The molecule has 0 saturated heterocycles. The van der Waals surface area contributed by atoms with Gasteiger partial charge in [0.05, 0.1) is 17.0 Å². The van der Waals surface area contributed by atoms with Crippen LogP contribution in [0.2, 0.25) is 0 Å². The van der Waals surface area contributed by atoms with Gasteiger partial charge < -0.3 is 15.0 Å². The standard InChI is InChI=1S/C24H22N4O4/c1-13(2)28-22(29)16-6-4-3-5-15(16)21(26-28)23(30)27-10-9-20-18(12-27)17-11-14(24(31)32)7-8-19(17)25-20/h3-8,11,13,25H,9-10,12H2,1-2H3,(H,31,32). The van der Waals surface area contributed by atoms with Crippen LogP contribution in [0, 0.1) is 0 Å². The van der Waals surface area contributed by atoms with Crippen LogP contribution in [0.5, 0.6) is 0 Å². The van der Waals surface area contributed by atoms with E-state index in [2.05, 4.69) is 10.1 Å². The van der Waals surface area contributed by atoms with Crippen molar-refractivity contribution in [3.8, 4) is 0 Å². The largest absolute Gasteiger partial charge is 0.478 e. The van der Waals surface area contributed by atoms with Gasteiger partial charge in [0.15, 0.2) is 5.69 Å². The van der Waals surface area contributed by atoms with Gasteiger partial charge in [-0.15, -0.1) is 0 Å². The Kier molecular flexibility index (Phi) is 4.58. The van der Waals surface area contributed by atoms with Gasteiger partial charge in [-0.1, -0.05) is 18.2 Å². The third-order valence-corrected chi connectivity index (χ3v) is 6.03. The number of hydrogen-bond acceptors (Lipinski definition) is 4. The number of nitrogens with one attached hydrogen (secondary N) is 1. The lowest BCUT2D eigenvalue weighted by molar-refractivity contribution is 0.0694. The minimum Gasteiger partial charge on any atom is -0.478 e. The molecule has 5 rings (SSSR count). The molecule has 3 heterocycles. The summed E-state index contributed by atoms with van der Waals surface area (Å²) >= 11 is 0. The fourth-order valence-corrected chi connectivity index (χ4v) is 4.38. The van der Waals surface area contributed by atoms with Crippen molar-refractivity contribution in [2.24, 2.45) is 0 Å². The molecule has 1 amide bonds. The van der Waals surface area contributed by atoms with Crippen molar-refractivity contribution in [3.05, 3.63) is 75.3 Å². The average Bonchev–Trinajstić information content (AvgIpc) is 3.16. The first kappa shape index (κ1) is 20.0. The smallest absolute Gasteiger partial charge is 0.335 e. The highest BCUT2D eigenvalue weighted by atomic mass is 16.4. The van der Waals surface area contributed by atoms with Crippen molar-refractivity contribution in [2.45, 2.75) is 32.9 Å². The lowest BCUT2D eigenvalue weighted by Gasteiger charge is -2.27. The summed E-state index contributed by atoms with van der Waals surface area (Å²) in [5, 5.41) is 15.6. The fourth-order valence-electron chi connectivity index (χ4n) is 4.38. The number of rotatable bonds is 3. The molecule has 0 spiro atoms. The van der Waals surface area contributed by atoms with E-state index in [1.165, 1.54) is 4.68 Å². The number of carbonyl (C=O) groups excluding carboxylic acids is 1. The second-order valence-corrected chi connectivity index (χ2v) is 8.36.